The molecule has 25 heavy (non-hydrogen) atoms. The minimum Gasteiger partial charge on any atom is -0.466 e. The van der Waals surface area contributed by atoms with Gasteiger partial charge >= 0.3 is 5.97 Å². The third-order valence-electron chi connectivity index (χ3n) is 3.70. The fourth-order valence-electron chi connectivity index (χ4n) is 2.39. The molecule has 1 unspecified atom stereocenters. The van der Waals surface area contributed by atoms with E-state index in [1.54, 1.807) is 13.0 Å². The lowest BCUT2D eigenvalue weighted by Gasteiger charge is -2.18. The first-order chi connectivity index (χ1) is 12.1. The molecule has 0 aliphatic carbocycles. The summed E-state index contributed by atoms with van der Waals surface area (Å²) in [5, 5.41) is 2.89. The van der Waals surface area contributed by atoms with Crippen LogP contribution in [0.4, 0.5) is 0 Å². The van der Waals surface area contributed by atoms with Crippen LogP contribution in [0.2, 0.25) is 0 Å². The van der Waals surface area contributed by atoms with Crippen molar-refractivity contribution in [2.45, 2.75) is 26.3 Å². The van der Waals surface area contributed by atoms with Crippen molar-refractivity contribution in [3.8, 4) is 0 Å². The summed E-state index contributed by atoms with van der Waals surface area (Å²) in [7, 11) is 0. The van der Waals surface area contributed by atoms with E-state index in [9.17, 15) is 9.59 Å². The molecule has 0 bridgehead atoms. The number of esters is 1. The quantitative estimate of drug-likeness (QED) is 0.617. The molecule has 2 rings (SSSR count). The standard InChI is InChI=1S/C21H23NO3/c1-3-25-21(24)15-19(18-12-9-16(2)10-13-18)22-20(23)14-11-17-7-5-4-6-8-17/h4-14,19H,3,15H2,1-2H3,(H,22,23)/b14-11+. The Morgan fingerprint density at radius 3 is 2.40 bits per heavy atom. The molecule has 0 heterocycles. The number of ether oxygens (including phenoxy) is 1. The highest BCUT2D eigenvalue weighted by Gasteiger charge is 2.18. The van der Waals surface area contributed by atoms with Crippen LogP contribution in [0.5, 0.6) is 0 Å². The van der Waals surface area contributed by atoms with Gasteiger partial charge in [0.15, 0.2) is 0 Å². The van der Waals surface area contributed by atoms with Crippen LogP contribution in [0.1, 0.15) is 36.1 Å². The smallest absolute Gasteiger partial charge is 0.308 e. The fourth-order valence-corrected chi connectivity index (χ4v) is 2.39. The molecule has 0 fully saturated rings. The van der Waals surface area contributed by atoms with Gasteiger partial charge in [0, 0.05) is 6.08 Å². The van der Waals surface area contributed by atoms with Crippen LogP contribution in [-0.4, -0.2) is 18.5 Å². The lowest BCUT2D eigenvalue weighted by molar-refractivity contribution is -0.143. The highest BCUT2D eigenvalue weighted by atomic mass is 16.5. The molecule has 1 N–H and O–H groups in total. The number of benzene rings is 2. The van der Waals surface area contributed by atoms with Gasteiger partial charge in [-0.1, -0.05) is 60.2 Å². The van der Waals surface area contributed by atoms with E-state index in [2.05, 4.69) is 5.32 Å². The molecule has 4 heteroatoms. The van der Waals surface area contributed by atoms with Crippen molar-refractivity contribution >= 4 is 18.0 Å². The third-order valence-corrected chi connectivity index (χ3v) is 3.70. The number of carbonyl (C=O) groups is 2. The van der Waals surface area contributed by atoms with Crippen LogP contribution in [0.15, 0.2) is 60.7 Å². The SMILES string of the molecule is CCOC(=O)CC(NC(=O)/C=C/c1ccccc1)c1ccc(C)cc1. The van der Waals surface area contributed by atoms with Gasteiger partial charge in [0.1, 0.15) is 0 Å². The molecule has 0 aliphatic rings. The Kier molecular flexibility index (Phi) is 6.96. The second-order valence-corrected chi connectivity index (χ2v) is 5.73. The molecule has 2 aromatic rings. The maximum atomic E-state index is 12.3. The van der Waals surface area contributed by atoms with Gasteiger partial charge in [0.05, 0.1) is 19.1 Å². The van der Waals surface area contributed by atoms with Crippen LogP contribution in [0.3, 0.4) is 0 Å². The maximum absolute atomic E-state index is 12.3. The average molecular weight is 337 g/mol. The van der Waals surface area contributed by atoms with E-state index in [1.807, 2.05) is 61.5 Å². The third kappa shape index (κ3) is 6.26. The minimum atomic E-state index is -0.424. The summed E-state index contributed by atoms with van der Waals surface area (Å²) in [6.07, 6.45) is 3.31. The van der Waals surface area contributed by atoms with Crippen LogP contribution >= 0.6 is 0 Å². The molecule has 130 valence electrons. The predicted molar refractivity (Wildman–Crippen MR) is 98.8 cm³/mol. The molecule has 1 amide bonds. The van der Waals surface area contributed by atoms with Crippen molar-refractivity contribution in [3.63, 3.8) is 0 Å². The predicted octanol–water partition coefficient (Wildman–Crippen LogP) is 3.82. The van der Waals surface area contributed by atoms with E-state index in [-0.39, 0.29) is 18.3 Å². The van der Waals surface area contributed by atoms with Gasteiger partial charge in [-0.25, -0.2) is 0 Å². The summed E-state index contributed by atoms with van der Waals surface area (Å²) in [5.74, 6) is -0.584. The summed E-state index contributed by atoms with van der Waals surface area (Å²) < 4.78 is 5.02. The van der Waals surface area contributed by atoms with E-state index in [1.165, 1.54) is 6.08 Å². The Hall–Kier alpha value is -2.88. The molecule has 0 saturated carbocycles. The highest BCUT2D eigenvalue weighted by Crippen LogP contribution is 2.18. The van der Waals surface area contributed by atoms with Crippen molar-refractivity contribution in [3.05, 3.63) is 77.4 Å². The van der Waals surface area contributed by atoms with Crippen LogP contribution < -0.4 is 5.32 Å². The summed E-state index contributed by atoms with van der Waals surface area (Å²) in [4.78, 5) is 24.1. The topological polar surface area (TPSA) is 55.4 Å². The molecule has 1 atom stereocenters. The summed E-state index contributed by atoms with van der Waals surface area (Å²) in [5.41, 5.74) is 2.93. The fraction of sp³-hybridized carbons (Fsp3) is 0.238. The van der Waals surface area contributed by atoms with E-state index in [0.717, 1.165) is 16.7 Å². The van der Waals surface area contributed by atoms with Crippen molar-refractivity contribution < 1.29 is 14.3 Å². The lowest BCUT2D eigenvalue weighted by Crippen LogP contribution is -2.29. The van der Waals surface area contributed by atoms with Crippen molar-refractivity contribution in [1.29, 1.82) is 0 Å². The van der Waals surface area contributed by atoms with E-state index >= 15 is 0 Å². The zero-order valence-electron chi connectivity index (χ0n) is 14.6. The lowest BCUT2D eigenvalue weighted by atomic mass is 10.0. The second-order valence-electron chi connectivity index (χ2n) is 5.73. The number of nitrogens with one attached hydrogen (secondary N) is 1. The van der Waals surface area contributed by atoms with Crippen LogP contribution in [-0.2, 0) is 14.3 Å². The monoisotopic (exact) mass is 337 g/mol. The zero-order chi connectivity index (χ0) is 18.1. The van der Waals surface area contributed by atoms with Gasteiger partial charge in [-0.2, -0.15) is 0 Å². The number of amides is 1. The largest absolute Gasteiger partial charge is 0.466 e. The van der Waals surface area contributed by atoms with Crippen LogP contribution in [0.25, 0.3) is 6.08 Å². The van der Waals surface area contributed by atoms with Gasteiger partial charge in [-0.3, -0.25) is 9.59 Å². The zero-order valence-corrected chi connectivity index (χ0v) is 14.6. The number of carbonyl (C=O) groups excluding carboxylic acids is 2. The molecule has 0 aromatic heterocycles. The number of rotatable bonds is 7. The summed E-state index contributed by atoms with van der Waals surface area (Å²) in [6.45, 7) is 4.08. The number of hydrogen-bond acceptors (Lipinski definition) is 3. The normalized spacial score (nSPS) is 11.9. The van der Waals surface area contributed by atoms with Gasteiger partial charge < -0.3 is 10.1 Å². The van der Waals surface area contributed by atoms with Crippen molar-refractivity contribution in [2.75, 3.05) is 6.61 Å². The Morgan fingerprint density at radius 1 is 1.08 bits per heavy atom. The van der Waals surface area contributed by atoms with Crippen molar-refractivity contribution in [1.82, 2.24) is 5.32 Å². The number of aryl methyl sites for hydroxylation is 1. The molecule has 0 radical (unpaired) electrons. The Labute approximate surface area is 148 Å². The number of hydrogen-bond donors (Lipinski definition) is 1. The van der Waals surface area contributed by atoms with Gasteiger partial charge in [-0.15, -0.1) is 0 Å². The van der Waals surface area contributed by atoms with Crippen LogP contribution in [0, 0.1) is 6.92 Å². The summed E-state index contributed by atoms with van der Waals surface area (Å²) >= 11 is 0. The first-order valence-corrected chi connectivity index (χ1v) is 8.34. The molecule has 2 aromatic carbocycles. The Morgan fingerprint density at radius 2 is 1.76 bits per heavy atom. The highest BCUT2D eigenvalue weighted by molar-refractivity contribution is 5.92. The Bertz CT molecular complexity index is 721. The van der Waals surface area contributed by atoms with E-state index in [4.69, 9.17) is 4.74 Å². The summed E-state index contributed by atoms with van der Waals surface area (Å²) in [6, 6.07) is 16.9. The maximum Gasteiger partial charge on any atom is 0.308 e. The minimum absolute atomic E-state index is 0.0990. The molecule has 0 aliphatic heterocycles. The van der Waals surface area contributed by atoms with Gasteiger partial charge in [0.2, 0.25) is 5.91 Å². The average Bonchev–Trinajstić information content (AvgIpc) is 2.61. The molecule has 4 nitrogen and oxygen atoms in total. The molecular weight excluding hydrogens is 314 g/mol. The first-order valence-electron chi connectivity index (χ1n) is 8.34. The Balaban J connectivity index is 2.09. The molecular formula is C21H23NO3. The van der Waals surface area contributed by atoms with E-state index < -0.39 is 6.04 Å². The first kappa shape index (κ1) is 18.5. The van der Waals surface area contributed by atoms with Crippen molar-refractivity contribution in [2.24, 2.45) is 0 Å². The van der Waals surface area contributed by atoms with Gasteiger partial charge in [0.25, 0.3) is 0 Å². The molecule has 0 spiro atoms. The van der Waals surface area contributed by atoms with Gasteiger partial charge in [-0.05, 0) is 31.1 Å². The van der Waals surface area contributed by atoms with E-state index in [0.29, 0.717) is 6.61 Å². The molecule has 0 saturated heterocycles. The second kappa shape index (κ2) is 9.42.